The normalized spacial score (nSPS) is 12.9. The van der Waals surface area contributed by atoms with Crippen LogP contribution in [0.25, 0.3) is 0 Å². The highest BCUT2D eigenvalue weighted by Gasteiger charge is 2.37. The van der Waals surface area contributed by atoms with E-state index in [9.17, 15) is 21.6 Å². The second-order valence-corrected chi connectivity index (χ2v) is 5.80. The zero-order valence-electron chi connectivity index (χ0n) is 9.43. The van der Waals surface area contributed by atoms with E-state index in [0.29, 0.717) is 0 Å². The summed E-state index contributed by atoms with van der Waals surface area (Å²) in [6.45, 7) is -3.14. The van der Waals surface area contributed by atoms with Gasteiger partial charge in [-0.3, -0.25) is 4.98 Å². The van der Waals surface area contributed by atoms with Gasteiger partial charge in [0.2, 0.25) is 10.0 Å². The summed E-state index contributed by atoms with van der Waals surface area (Å²) in [5.74, 6) is 0. The molecule has 19 heavy (non-hydrogen) atoms. The number of rotatable bonds is 5. The third-order valence-corrected chi connectivity index (χ3v) is 4.37. The van der Waals surface area contributed by atoms with Gasteiger partial charge in [0.1, 0.15) is 11.4 Å². The number of halogens is 4. The number of sulfonamides is 1. The molecule has 0 saturated carbocycles. The summed E-state index contributed by atoms with van der Waals surface area (Å²) in [4.78, 5) is 2.98. The highest BCUT2D eigenvalue weighted by Crippen LogP contribution is 2.26. The molecule has 0 bridgehead atoms. The Balaban J connectivity index is 3.17. The van der Waals surface area contributed by atoms with Gasteiger partial charge >= 0.3 is 6.18 Å². The van der Waals surface area contributed by atoms with Crippen LogP contribution in [0.3, 0.4) is 0 Å². The van der Waals surface area contributed by atoms with Crippen molar-refractivity contribution >= 4 is 21.6 Å². The van der Waals surface area contributed by atoms with Crippen LogP contribution in [-0.2, 0) is 10.0 Å². The molecule has 1 aromatic heterocycles. The predicted molar refractivity (Wildman–Crippen MR) is 61.1 cm³/mol. The van der Waals surface area contributed by atoms with E-state index >= 15 is 0 Å². The smallest absolute Gasteiger partial charge is 0.395 e. The van der Waals surface area contributed by atoms with Gasteiger partial charge < -0.3 is 5.11 Å². The van der Waals surface area contributed by atoms with Crippen LogP contribution >= 0.6 is 11.6 Å². The fourth-order valence-corrected chi connectivity index (χ4v) is 3.11. The molecule has 1 N–H and O–H groups in total. The molecule has 10 heteroatoms. The van der Waals surface area contributed by atoms with Crippen LogP contribution in [0.5, 0.6) is 0 Å². The van der Waals surface area contributed by atoms with E-state index in [1.54, 1.807) is 0 Å². The molecule has 0 atom stereocenters. The average molecular weight is 319 g/mol. The monoisotopic (exact) mass is 318 g/mol. The molecule has 5 nitrogen and oxygen atoms in total. The minimum Gasteiger partial charge on any atom is -0.395 e. The maximum absolute atomic E-state index is 12.3. The SMILES string of the molecule is O=S(=O)(c1cnccc1Cl)N(CCO)CC(F)(F)F. The Hall–Kier alpha value is -0.900. The van der Waals surface area contributed by atoms with Crippen LogP contribution in [0.2, 0.25) is 5.02 Å². The van der Waals surface area contributed by atoms with Gasteiger partial charge in [0.05, 0.1) is 11.6 Å². The molecule has 0 radical (unpaired) electrons. The Labute approximate surface area is 112 Å². The molecule has 0 aliphatic rings. The molecule has 108 valence electrons. The van der Waals surface area contributed by atoms with Crippen molar-refractivity contribution < 1.29 is 26.7 Å². The van der Waals surface area contributed by atoms with Crippen molar-refractivity contribution in [3.05, 3.63) is 23.5 Å². The minimum atomic E-state index is -4.73. The van der Waals surface area contributed by atoms with E-state index < -0.39 is 40.8 Å². The zero-order valence-corrected chi connectivity index (χ0v) is 11.0. The number of aliphatic hydroxyl groups excluding tert-OH is 1. The van der Waals surface area contributed by atoms with Crippen LogP contribution in [0, 0.1) is 0 Å². The summed E-state index contributed by atoms with van der Waals surface area (Å²) in [6, 6.07) is 1.15. The Morgan fingerprint density at radius 2 is 2.05 bits per heavy atom. The third kappa shape index (κ3) is 4.30. The maximum Gasteiger partial charge on any atom is 0.402 e. The molecule has 1 rings (SSSR count). The Kier molecular flexibility index (Phi) is 5.13. The van der Waals surface area contributed by atoms with E-state index in [1.165, 1.54) is 6.20 Å². The van der Waals surface area contributed by atoms with Crippen molar-refractivity contribution in [3.8, 4) is 0 Å². The van der Waals surface area contributed by atoms with Crippen molar-refractivity contribution in [1.82, 2.24) is 9.29 Å². The predicted octanol–water partition coefficient (Wildman–Crippen LogP) is 1.28. The van der Waals surface area contributed by atoms with E-state index in [0.717, 1.165) is 12.3 Å². The Bertz CT molecular complexity index is 536. The number of alkyl halides is 3. The molecule has 0 unspecified atom stereocenters. The van der Waals surface area contributed by atoms with E-state index in [4.69, 9.17) is 16.7 Å². The van der Waals surface area contributed by atoms with Crippen molar-refractivity contribution in [3.63, 3.8) is 0 Å². The van der Waals surface area contributed by atoms with Crippen LogP contribution < -0.4 is 0 Å². The van der Waals surface area contributed by atoms with E-state index in [1.807, 2.05) is 0 Å². The Morgan fingerprint density at radius 1 is 1.42 bits per heavy atom. The van der Waals surface area contributed by atoms with Gasteiger partial charge in [-0.15, -0.1) is 0 Å². The zero-order chi connectivity index (χ0) is 14.7. The van der Waals surface area contributed by atoms with Crippen LogP contribution in [0.15, 0.2) is 23.4 Å². The highest BCUT2D eigenvalue weighted by molar-refractivity contribution is 7.89. The number of aliphatic hydroxyl groups is 1. The summed E-state index contributed by atoms with van der Waals surface area (Å²) in [6.07, 6.45) is -2.66. The molecule has 1 aromatic rings. The number of nitrogens with zero attached hydrogens (tertiary/aromatic N) is 2. The molecule has 0 spiro atoms. The van der Waals surface area contributed by atoms with Crippen molar-refractivity contribution in [2.45, 2.75) is 11.1 Å². The number of hydrogen-bond acceptors (Lipinski definition) is 4. The lowest BCUT2D eigenvalue weighted by atomic mass is 10.5. The molecule has 1 heterocycles. The van der Waals surface area contributed by atoms with Crippen molar-refractivity contribution in [1.29, 1.82) is 0 Å². The fraction of sp³-hybridized carbons (Fsp3) is 0.444. The van der Waals surface area contributed by atoms with Gasteiger partial charge in [-0.05, 0) is 6.07 Å². The largest absolute Gasteiger partial charge is 0.402 e. The second kappa shape index (κ2) is 6.04. The summed E-state index contributed by atoms with van der Waals surface area (Å²) in [5.41, 5.74) is 0. The van der Waals surface area contributed by atoms with E-state index in [2.05, 4.69) is 4.98 Å². The summed E-state index contributed by atoms with van der Waals surface area (Å²) >= 11 is 5.63. The van der Waals surface area contributed by atoms with Gasteiger partial charge in [0.25, 0.3) is 0 Å². The third-order valence-electron chi connectivity index (χ3n) is 2.06. The highest BCUT2D eigenvalue weighted by atomic mass is 35.5. The van der Waals surface area contributed by atoms with Crippen molar-refractivity contribution in [2.24, 2.45) is 0 Å². The van der Waals surface area contributed by atoms with Crippen LogP contribution in [-0.4, -0.2) is 48.7 Å². The van der Waals surface area contributed by atoms with E-state index in [-0.39, 0.29) is 9.33 Å². The van der Waals surface area contributed by atoms with Crippen LogP contribution in [0.1, 0.15) is 0 Å². The van der Waals surface area contributed by atoms with Gasteiger partial charge in [-0.1, -0.05) is 11.6 Å². The lowest BCUT2D eigenvalue weighted by molar-refractivity contribution is -0.136. The molecule has 0 fully saturated rings. The quantitative estimate of drug-likeness (QED) is 0.888. The molecular weight excluding hydrogens is 309 g/mol. The first-order valence-corrected chi connectivity index (χ1v) is 6.77. The van der Waals surface area contributed by atoms with Crippen molar-refractivity contribution in [2.75, 3.05) is 19.7 Å². The molecule has 0 amide bonds. The first-order valence-electron chi connectivity index (χ1n) is 4.96. The van der Waals surface area contributed by atoms with Gasteiger partial charge in [0.15, 0.2) is 0 Å². The summed E-state index contributed by atoms with van der Waals surface area (Å²) in [7, 11) is -4.47. The van der Waals surface area contributed by atoms with Gasteiger partial charge in [0, 0.05) is 18.9 Å². The van der Waals surface area contributed by atoms with Crippen LogP contribution in [0.4, 0.5) is 13.2 Å². The number of hydrogen-bond donors (Lipinski definition) is 1. The average Bonchev–Trinajstić information content (AvgIpc) is 2.27. The summed E-state index contributed by atoms with van der Waals surface area (Å²) < 4.78 is 61.1. The second-order valence-electron chi connectivity index (χ2n) is 3.48. The minimum absolute atomic E-state index is 0.107. The van der Waals surface area contributed by atoms with Gasteiger partial charge in [-0.25, -0.2) is 8.42 Å². The Morgan fingerprint density at radius 3 is 2.53 bits per heavy atom. The topological polar surface area (TPSA) is 70.5 Å². The molecule has 0 aromatic carbocycles. The lowest BCUT2D eigenvalue weighted by Crippen LogP contribution is -2.40. The number of pyridine rings is 1. The molecule has 0 saturated heterocycles. The molecule has 0 aliphatic heterocycles. The lowest BCUT2D eigenvalue weighted by Gasteiger charge is -2.22. The number of aromatic nitrogens is 1. The first kappa shape index (κ1) is 16.2. The summed E-state index contributed by atoms with van der Waals surface area (Å²) in [5, 5.41) is 8.45. The fourth-order valence-electron chi connectivity index (χ4n) is 1.29. The first-order chi connectivity index (χ1) is 8.68. The molecular formula is C9H10ClF3N2O3S. The van der Waals surface area contributed by atoms with Gasteiger partial charge in [-0.2, -0.15) is 17.5 Å². The standard InChI is InChI=1S/C9H10ClF3N2O3S/c10-7-1-2-14-5-8(7)19(17,18)15(3-4-16)6-9(11,12)13/h1-2,5,16H,3-4,6H2. The molecule has 0 aliphatic carbocycles. The maximum atomic E-state index is 12.3.